The van der Waals surface area contributed by atoms with E-state index in [0.717, 1.165) is 25.9 Å². The fraction of sp³-hybridized carbons (Fsp3) is 0.950. The van der Waals surface area contributed by atoms with Crippen LogP contribution in [0, 0.1) is 11.8 Å². The second kappa shape index (κ2) is 8.93. The van der Waals surface area contributed by atoms with Gasteiger partial charge in [0.1, 0.15) is 6.23 Å². The van der Waals surface area contributed by atoms with Crippen molar-refractivity contribution in [2.24, 2.45) is 11.8 Å². The van der Waals surface area contributed by atoms with Crippen LogP contribution in [0.3, 0.4) is 0 Å². The molecule has 8 heteroatoms. The van der Waals surface area contributed by atoms with Crippen LogP contribution in [0.1, 0.15) is 40.0 Å². The Morgan fingerprint density at radius 3 is 2.50 bits per heavy atom. The van der Waals surface area contributed by atoms with Gasteiger partial charge in [0, 0.05) is 45.6 Å². The minimum atomic E-state index is -1.19. The molecule has 0 aromatic carbocycles. The predicted octanol–water partition coefficient (Wildman–Crippen LogP) is 0.849. The van der Waals surface area contributed by atoms with Crippen molar-refractivity contribution in [2.45, 2.75) is 82.3 Å². The molecular weight excluding hydrogens is 366 g/mol. The number of hydrogen-bond acceptors (Lipinski definition) is 8. The highest BCUT2D eigenvalue weighted by molar-refractivity contribution is 5.66. The van der Waals surface area contributed by atoms with Crippen molar-refractivity contribution in [2.75, 3.05) is 27.4 Å². The molecule has 28 heavy (non-hydrogen) atoms. The zero-order valence-corrected chi connectivity index (χ0v) is 17.6. The first-order valence-electron chi connectivity index (χ1n) is 10.2. The number of aliphatic hydroxyl groups is 1. The maximum absolute atomic E-state index is 11.4. The highest BCUT2D eigenvalue weighted by Gasteiger charge is 2.53. The molecule has 2 heterocycles. The lowest BCUT2D eigenvalue weighted by Crippen LogP contribution is -2.66. The number of carbonyl (C=O) groups is 1. The lowest BCUT2D eigenvalue weighted by molar-refractivity contribution is -0.189. The van der Waals surface area contributed by atoms with E-state index in [2.05, 4.69) is 5.32 Å². The van der Waals surface area contributed by atoms with Crippen molar-refractivity contribution in [3.8, 4) is 0 Å². The molecule has 3 fully saturated rings. The van der Waals surface area contributed by atoms with Gasteiger partial charge < -0.3 is 28.8 Å². The summed E-state index contributed by atoms with van der Waals surface area (Å²) in [5.41, 5.74) is -1.19. The molecule has 0 radical (unpaired) electrons. The molecule has 1 saturated carbocycles. The van der Waals surface area contributed by atoms with Crippen molar-refractivity contribution in [3.63, 3.8) is 0 Å². The number of ether oxygens (including phenoxy) is 5. The SMILES string of the molecule is COC1C2CCOC2NC2C1CCC(OC[C@H](OC(C)=O)C(C)(C)O)C2OC. The predicted molar refractivity (Wildman–Crippen MR) is 101 cm³/mol. The minimum Gasteiger partial charge on any atom is -0.457 e. The van der Waals surface area contributed by atoms with Crippen molar-refractivity contribution in [1.29, 1.82) is 0 Å². The van der Waals surface area contributed by atoms with Gasteiger partial charge in [-0.25, -0.2) is 0 Å². The Hall–Kier alpha value is -0.770. The molecule has 7 unspecified atom stereocenters. The maximum atomic E-state index is 11.4. The molecular formula is C20H35NO7. The van der Waals surface area contributed by atoms with E-state index in [1.807, 2.05) is 0 Å². The van der Waals surface area contributed by atoms with Gasteiger partial charge in [-0.1, -0.05) is 0 Å². The summed E-state index contributed by atoms with van der Waals surface area (Å²) in [6.07, 6.45) is 1.80. The van der Waals surface area contributed by atoms with Crippen LogP contribution in [-0.4, -0.2) is 80.8 Å². The highest BCUT2D eigenvalue weighted by atomic mass is 16.6. The molecule has 162 valence electrons. The van der Waals surface area contributed by atoms with Crippen LogP contribution in [-0.2, 0) is 28.5 Å². The minimum absolute atomic E-state index is 0.0206. The number of piperidine rings is 1. The maximum Gasteiger partial charge on any atom is 0.303 e. The number of carbonyl (C=O) groups excluding carboxylic acids is 1. The summed E-state index contributed by atoms with van der Waals surface area (Å²) in [4.78, 5) is 11.4. The van der Waals surface area contributed by atoms with Gasteiger partial charge >= 0.3 is 5.97 Å². The molecule has 8 atom stereocenters. The van der Waals surface area contributed by atoms with Crippen molar-refractivity contribution >= 4 is 5.97 Å². The second-order valence-corrected chi connectivity index (χ2v) is 8.70. The zero-order chi connectivity index (χ0) is 20.5. The normalized spacial score (nSPS) is 39.1. The Balaban J connectivity index is 1.68. The first-order chi connectivity index (χ1) is 13.3. The average Bonchev–Trinajstić information content (AvgIpc) is 3.09. The van der Waals surface area contributed by atoms with Crippen molar-refractivity contribution in [3.05, 3.63) is 0 Å². The molecule has 0 bridgehead atoms. The van der Waals surface area contributed by atoms with E-state index in [0.29, 0.717) is 11.8 Å². The van der Waals surface area contributed by atoms with E-state index in [4.69, 9.17) is 23.7 Å². The van der Waals surface area contributed by atoms with E-state index in [-0.39, 0.29) is 37.2 Å². The van der Waals surface area contributed by atoms with Gasteiger partial charge in [0.05, 0.1) is 30.5 Å². The van der Waals surface area contributed by atoms with Gasteiger partial charge in [0.2, 0.25) is 0 Å². The molecule has 3 aliphatic rings. The van der Waals surface area contributed by atoms with Crippen LogP contribution in [0.4, 0.5) is 0 Å². The molecule has 2 saturated heterocycles. The van der Waals surface area contributed by atoms with Gasteiger partial charge in [0.15, 0.2) is 6.10 Å². The van der Waals surface area contributed by atoms with E-state index in [9.17, 15) is 9.90 Å². The molecule has 3 rings (SSSR count). The first kappa shape index (κ1) is 21.9. The smallest absolute Gasteiger partial charge is 0.303 e. The Morgan fingerprint density at radius 1 is 1.18 bits per heavy atom. The summed E-state index contributed by atoms with van der Waals surface area (Å²) in [7, 11) is 3.47. The second-order valence-electron chi connectivity index (χ2n) is 8.70. The molecule has 0 spiro atoms. The number of nitrogens with one attached hydrogen (secondary N) is 1. The number of hydrogen-bond donors (Lipinski definition) is 2. The number of esters is 1. The quantitative estimate of drug-likeness (QED) is 0.606. The Labute approximate surface area is 167 Å². The van der Waals surface area contributed by atoms with Crippen LogP contribution in [0.25, 0.3) is 0 Å². The Bertz CT molecular complexity index is 537. The standard InChI is InChI=1S/C20H35NO7/c1-11(22)28-15(20(2,3)23)10-27-14-7-6-12-16(18(14)25-5)21-19-13(8-9-26-19)17(12)24-4/h12-19,21,23H,6-10H2,1-5H3/t12?,13?,14?,15-,16?,17?,18?,19?/m0/s1. The molecule has 8 nitrogen and oxygen atoms in total. The summed E-state index contributed by atoms with van der Waals surface area (Å²) in [6.45, 7) is 5.41. The van der Waals surface area contributed by atoms with E-state index in [1.54, 1.807) is 28.1 Å². The van der Waals surface area contributed by atoms with E-state index in [1.165, 1.54) is 6.92 Å². The summed E-state index contributed by atoms with van der Waals surface area (Å²) >= 11 is 0. The molecule has 2 N–H and O–H groups in total. The molecule has 0 aromatic heterocycles. The van der Waals surface area contributed by atoms with Crippen LogP contribution in [0.5, 0.6) is 0 Å². The van der Waals surface area contributed by atoms with E-state index >= 15 is 0 Å². The summed E-state index contributed by atoms with van der Waals surface area (Å²) < 4.78 is 29.0. The topological polar surface area (TPSA) is 95.5 Å². The average molecular weight is 402 g/mol. The summed E-state index contributed by atoms with van der Waals surface area (Å²) in [5.74, 6) is 0.255. The third-order valence-electron chi connectivity index (χ3n) is 6.41. The lowest BCUT2D eigenvalue weighted by atomic mass is 9.70. The third kappa shape index (κ3) is 4.52. The highest BCUT2D eigenvalue weighted by Crippen LogP contribution is 2.42. The number of rotatable bonds is 7. The van der Waals surface area contributed by atoms with Crippen LogP contribution >= 0.6 is 0 Å². The van der Waals surface area contributed by atoms with Crippen molar-refractivity contribution < 1.29 is 33.6 Å². The van der Waals surface area contributed by atoms with Crippen LogP contribution < -0.4 is 5.32 Å². The van der Waals surface area contributed by atoms with Gasteiger partial charge in [0.25, 0.3) is 0 Å². The van der Waals surface area contributed by atoms with Gasteiger partial charge in [-0.3, -0.25) is 10.1 Å². The molecule has 1 aliphatic carbocycles. The molecule has 0 aromatic rings. The fourth-order valence-electron chi connectivity index (χ4n) is 5.00. The lowest BCUT2D eigenvalue weighted by Gasteiger charge is -2.51. The van der Waals surface area contributed by atoms with Gasteiger partial charge in [-0.05, 0) is 33.1 Å². The monoisotopic (exact) mass is 401 g/mol. The largest absolute Gasteiger partial charge is 0.457 e. The van der Waals surface area contributed by atoms with Crippen molar-refractivity contribution in [1.82, 2.24) is 5.32 Å². The Morgan fingerprint density at radius 2 is 1.89 bits per heavy atom. The zero-order valence-electron chi connectivity index (χ0n) is 17.6. The fourth-order valence-corrected chi connectivity index (χ4v) is 5.00. The first-order valence-corrected chi connectivity index (χ1v) is 10.2. The summed E-state index contributed by atoms with van der Waals surface area (Å²) in [5, 5.41) is 13.9. The number of methoxy groups -OCH3 is 2. The molecule has 2 aliphatic heterocycles. The number of fused-ring (bicyclic) bond motifs is 2. The van der Waals surface area contributed by atoms with E-state index < -0.39 is 17.7 Å². The van der Waals surface area contributed by atoms with Gasteiger partial charge in [-0.15, -0.1) is 0 Å². The Kier molecular flexibility index (Phi) is 7.00. The van der Waals surface area contributed by atoms with Gasteiger partial charge in [-0.2, -0.15) is 0 Å². The molecule has 0 amide bonds. The third-order valence-corrected chi connectivity index (χ3v) is 6.41. The summed E-state index contributed by atoms with van der Waals surface area (Å²) in [6, 6.07) is 0.0577. The van der Waals surface area contributed by atoms with Crippen LogP contribution in [0.15, 0.2) is 0 Å². The van der Waals surface area contributed by atoms with Crippen LogP contribution in [0.2, 0.25) is 0 Å².